The zero-order valence-electron chi connectivity index (χ0n) is 12.7. The molecule has 1 aliphatic rings. The van der Waals surface area contributed by atoms with Crippen LogP contribution < -0.4 is 0 Å². The van der Waals surface area contributed by atoms with Gasteiger partial charge in [0.1, 0.15) is 0 Å². The summed E-state index contributed by atoms with van der Waals surface area (Å²) in [4.78, 5) is 0. The van der Waals surface area contributed by atoms with Crippen molar-refractivity contribution in [1.29, 1.82) is 0 Å². The lowest BCUT2D eigenvalue weighted by molar-refractivity contribution is 0.0176. The van der Waals surface area contributed by atoms with Crippen molar-refractivity contribution in [3.63, 3.8) is 0 Å². The van der Waals surface area contributed by atoms with Gasteiger partial charge in [-0.1, -0.05) is 25.8 Å². The predicted octanol–water partition coefficient (Wildman–Crippen LogP) is 4.73. The molecule has 0 spiro atoms. The zero-order valence-corrected chi connectivity index (χ0v) is 12.7. The molecule has 0 aromatic rings. The molecule has 19 heavy (non-hydrogen) atoms. The predicted molar refractivity (Wildman–Crippen MR) is 81.5 cm³/mol. The lowest BCUT2D eigenvalue weighted by Gasteiger charge is -2.26. The molecule has 0 aliphatic heterocycles. The smallest absolute Gasteiger partial charge is 0.0575 e. The molecule has 0 saturated heterocycles. The van der Waals surface area contributed by atoms with Gasteiger partial charge < -0.3 is 9.47 Å². The summed E-state index contributed by atoms with van der Waals surface area (Å²) < 4.78 is 11.4. The highest BCUT2D eigenvalue weighted by molar-refractivity contribution is 4.69. The summed E-state index contributed by atoms with van der Waals surface area (Å²) in [6.07, 6.45) is 13.6. The van der Waals surface area contributed by atoms with Crippen LogP contribution in [0.2, 0.25) is 0 Å². The highest BCUT2D eigenvalue weighted by atomic mass is 16.5. The third-order valence-corrected chi connectivity index (χ3v) is 3.97. The van der Waals surface area contributed by atoms with E-state index < -0.39 is 0 Å². The van der Waals surface area contributed by atoms with Gasteiger partial charge in [-0.05, 0) is 50.9 Å². The first-order chi connectivity index (χ1) is 9.33. The van der Waals surface area contributed by atoms with Crippen LogP contribution in [0.5, 0.6) is 0 Å². The van der Waals surface area contributed by atoms with Crippen molar-refractivity contribution in [2.75, 3.05) is 19.8 Å². The molecule has 0 aromatic carbocycles. The van der Waals surface area contributed by atoms with Crippen LogP contribution in [0.25, 0.3) is 0 Å². The second-order valence-corrected chi connectivity index (χ2v) is 5.86. The molecule has 1 fully saturated rings. The summed E-state index contributed by atoms with van der Waals surface area (Å²) in [5.41, 5.74) is 0. The van der Waals surface area contributed by atoms with Crippen molar-refractivity contribution in [2.24, 2.45) is 5.92 Å². The minimum Gasteiger partial charge on any atom is -0.381 e. The molecular formula is C17H32O2. The van der Waals surface area contributed by atoms with Gasteiger partial charge in [0, 0.05) is 19.8 Å². The largest absolute Gasteiger partial charge is 0.381 e. The van der Waals surface area contributed by atoms with E-state index >= 15 is 0 Å². The third-order valence-electron chi connectivity index (χ3n) is 3.97. The van der Waals surface area contributed by atoms with Gasteiger partial charge in [0.25, 0.3) is 0 Å². The molecule has 0 N–H and O–H groups in total. The molecule has 0 aromatic heterocycles. The molecule has 0 atom stereocenters. The van der Waals surface area contributed by atoms with Gasteiger partial charge in [0.05, 0.1) is 6.10 Å². The van der Waals surface area contributed by atoms with Gasteiger partial charge in [-0.25, -0.2) is 0 Å². The van der Waals surface area contributed by atoms with E-state index in [1.54, 1.807) is 0 Å². The Morgan fingerprint density at radius 2 is 1.63 bits per heavy atom. The van der Waals surface area contributed by atoms with E-state index in [1.165, 1.54) is 51.4 Å². The van der Waals surface area contributed by atoms with Gasteiger partial charge in [0.15, 0.2) is 0 Å². The summed E-state index contributed by atoms with van der Waals surface area (Å²) in [7, 11) is 0. The van der Waals surface area contributed by atoms with Gasteiger partial charge in [-0.3, -0.25) is 0 Å². The fourth-order valence-electron chi connectivity index (χ4n) is 2.57. The molecule has 1 aliphatic carbocycles. The quantitative estimate of drug-likeness (QED) is 0.398. The van der Waals surface area contributed by atoms with Crippen LogP contribution in [0.4, 0.5) is 0 Å². The first-order valence-electron chi connectivity index (χ1n) is 8.13. The molecule has 0 heterocycles. The Hall–Kier alpha value is -0.340. The van der Waals surface area contributed by atoms with Crippen LogP contribution in [0.15, 0.2) is 12.7 Å². The molecule has 2 nitrogen and oxygen atoms in total. The van der Waals surface area contributed by atoms with Crippen LogP contribution in [-0.4, -0.2) is 25.9 Å². The van der Waals surface area contributed by atoms with E-state index in [1.807, 2.05) is 6.08 Å². The van der Waals surface area contributed by atoms with Crippen molar-refractivity contribution in [3.05, 3.63) is 12.7 Å². The number of ether oxygens (including phenoxy) is 2. The first kappa shape index (κ1) is 16.7. The lowest BCUT2D eigenvalue weighted by Crippen LogP contribution is -2.20. The Labute approximate surface area is 119 Å². The van der Waals surface area contributed by atoms with Crippen LogP contribution in [0.3, 0.4) is 0 Å². The summed E-state index contributed by atoms with van der Waals surface area (Å²) in [5, 5.41) is 0. The van der Waals surface area contributed by atoms with Crippen molar-refractivity contribution < 1.29 is 9.47 Å². The molecular weight excluding hydrogens is 236 g/mol. The molecule has 1 saturated carbocycles. The van der Waals surface area contributed by atoms with Crippen LogP contribution in [-0.2, 0) is 9.47 Å². The molecule has 0 radical (unpaired) electrons. The van der Waals surface area contributed by atoms with Crippen molar-refractivity contribution in [2.45, 2.75) is 70.8 Å². The molecule has 0 amide bonds. The van der Waals surface area contributed by atoms with Crippen molar-refractivity contribution in [1.82, 2.24) is 0 Å². The Balaban J connectivity index is 1.77. The van der Waals surface area contributed by atoms with Gasteiger partial charge in [-0.2, -0.15) is 0 Å². The standard InChI is InChI=1S/C17H32O2/c1-3-4-13-18-14-7-5-6-8-15-19-17-11-9-16(2)10-12-17/h3,16-17H,1,4-15H2,2H3. The number of rotatable bonds is 11. The topological polar surface area (TPSA) is 18.5 Å². The summed E-state index contributed by atoms with van der Waals surface area (Å²) in [6.45, 7) is 8.71. The Bertz CT molecular complexity index is 207. The molecule has 0 bridgehead atoms. The van der Waals surface area contributed by atoms with Crippen molar-refractivity contribution in [3.8, 4) is 0 Å². The average molecular weight is 268 g/mol. The summed E-state index contributed by atoms with van der Waals surface area (Å²) >= 11 is 0. The first-order valence-corrected chi connectivity index (χ1v) is 8.13. The summed E-state index contributed by atoms with van der Waals surface area (Å²) in [5.74, 6) is 0.918. The molecule has 112 valence electrons. The molecule has 2 heteroatoms. The third kappa shape index (κ3) is 9.23. The van der Waals surface area contributed by atoms with E-state index in [2.05, 4.69) is 13.5 Å². The SMILES string of the molecule is C=CCCOCCCCCCOC1CCC(C)CC1. The highest BCUT2D eigenvalue weighted by Gasteiger charge is 2.17. The Morgan fingerprint density at radius 1 is 0.947 bits per heavy atom. The Kier molecular flexibility index (Phi) is 10.1. The highest BCUT2D eigenvalue weighted by Crippen LogP contribution is 2.25. The fourth-order valence-corrected chi connectivity index (χ4v) is 2.57. The van der Waals surface area contributed by atoms with Crippen LogP contribution in [0, 0.1) is 5.92 Å². The maximum atomic E-state index is 5.95. The second kappa shape index (κ2) is 11.5. The maximum absolute atomic E-state index is 5.95. The monoisotopic (exact) mass is 268 g/mol. The second-order valence-electron chi connectivity index (χ2n) is 5.86. The fraction of sp³-hybridized carbons (Fsp3) is 0.882. The molecule has 1 rings (SSSR count). The average Bonchev–Trinajstić information content (AvgIpc) is 2.43. The number of hydrogen-bond donors (Lipinski definition) is 0. The van der Waals surface area contributed by atoms with Gasteiger partial charge in [0.2, 0.25) is 0 Å². The Morgan fingerprint density at radius 3 is 2.32 bits per heavy atom. The van der Waals surface area contributed by atoms with Gasteiger partial charge in [-0.15, -0.1) is 6.58 Å². The van der Waals surface area contributed by atoms with E-state index in [9.17, 15) is 0 Å². The lowest BCUT2D eigenvalue weighted by atomic mass is 9.89. The van der Waals surface area contributed by atoms with E-state index in [4.69, 9.17) is 9.47 Å². The maximum Gasteiger partial charge on any atom is 0.0575 e. The molecule has 0 unspecified atom stereocenters. The van der Waals surface area contributed by atoms with Crippen LogP contribution >= 0.6 is 0 Å². The summed E-state index contributed by atoms with van der Waals surface area (Å²) in [6, 6.07) is 0. The van der Waals surface area contributed by atoms with Crippen LogP contribution in [0.1, 0.15) is 64.7 Å². The van der Waals surface area contributed by atoms with Crippen molar-refractivity contribution >= 4 is 0 Å². The van der Waals surface area contributed by atoms with E-state index in [-0.39, 0.29) is 0 Å². The number of hydrogen-bond acceptors (Lipinski definition) is 2. The van der Waals surface area contributed by atoms with E-state index in [0.717, 1.165) is 32.2 Å². The minimum atomic E-state index is 0.554. The van der Waals surface area contributed by atoms with E-state index in [0.29, 0.717) is 6.10 Å². The number of unbranched alkanes of at least 4 members (excludes halogenated alkanes) is 3. The van der Waals surface area contributed by atoms with Gasteiger partial charge >= 0.3 is 0 Å². The normalized spacial score (nSPS) is 23.4. The minimum absolute atomic E-state index is 0.554. The zero-order chi connectivity index (χ0) is 13.8.